The first-order valence-electron chi connectivity index (χ1n) is 5.08. The van der Waals surface area contributed by atoms with Gasteiger partial charge in [0.15, 0.2) is 0 Å². The van der Waals surface area contributed by atoms with Crippen molar-refractivity contribution in [2.75, 3.05) is 0 Å². The summed E-state index contributed by atoms with van der Waals surface area (Å²) in [4.78, 5) is 0. The summed E-state index contributed by atoms with van der Waals surface area (Å²) in [6.07, 6.45) is 9.17. The van der Waals surface area contributed by atoms with E-state index in [0.29, 0.717) is 17.2 Å². The van der Waals surface area contributed by atoms with Crippen LogP contribution in [0.2, 0.25) is 0 Å². The lowest BCUT2D eigenvalue weighted by Gasteiger charge is -2.22. The van der Waals surface area contributed by atoms with Crippen molar-refractivity contribution in [3.8, 4) is 0 Å². The van der Waals surface area contributed by atoms with Crippen molar-refractivity contribution in [3.05, 3.63) is 0 Å². The summed E-state index contributed by atoms with van der Waals surface area (Å²) < 4.78 is 0. The average Bonchev–Trinajstić information content (AvgIpc) is 2.80. The molecule has 1 spiro atoms. The van der Waals surface area contributed by atoms with E-state index >= 15 is 0 Å². The first kappa shape index (κ1) is 8.09. The summed E-state index contributed by atoms with van der Waals surface area (Å²) in [5.74, 6) is 0.884. The highest BCUT2D eigenvalue weighted by atomic mass is 14.8. The van der Waals surface area contributed by atoms with Crippen LogP contribution in [0.5, 0.6) is 0 Å². The lowest BCUT2D eigenvalue weighted by atomic mass is 9.84. The standard InChI is InChI=1S/C10H18N2/c11-9(12)8-4-2-1-3-5-10(8)6-7-10/h8H,1-7H2,(H3,11,12)/t8-/m1/s1. The molecule has 2 saturated carbocycles. The minimum absolute atomic E-state index is 0.431. The van der Waals surface area contributed by atoms with E-state index in [1.54, 1.807) is 0 Å². The zero-order chi connectivity index (χ0) is 8.60. The highest BCUT2D eigenvalue weighted by Crippen LogP contribution is 2.58. The second kappa shape index (κ2) is 2.75. The van der Waals surface area contributed by atoms with Crippen LogP contribution in [0.25, 0.3) is 0 Å². The molecule has 0 aliphatic heterocycles. The summed E-state index contributed by atoms with van der Waals surface area (Å²) >= 11 is 0. The topological polar surface area (TPSA) is 49.9 Å². The van der Waals surface area contributed by atoms with Gasteiger partial charge in [-0.05, 0) is 31.1 Å². The molecule has 2 rings (SSSR count). The molecule has 2 nitrogen and oxygen atoms in total. The largest absolute Gasteiger partial charge is 0.387 e. The van der Waals surface area contributed by atoms with E-state index < -0.39 is 0 Å². The lowest BCUT2D eigenvalue weighted by molar-refractivity contribution is 0.366. The Morgan fingerprint density at radius 2 is 1.92 bits per heavy atom. The van der Waals surface area contributed by atoms with Crippen molar-refractivity contribution in [3.63, 3.8) is 0 Å². The Kier molecular flexibility index (Phi) is 1.85. The maximum atomic E-state index is 7.56. The molecule has 0 bridgehead atoms. The highest BCUT2D eigenvalue weighted by molar-refractivity contribution is 5.80. The van der Waals surface area contributed by atoms with Crippen LogP contribution in [0.15, 0.2) is 0 Å². The molecule has 0 amide bonds. The molecule has 12 heavy (non-hydrogen) atoms. The van der Waals surface area contributed by atoms with Gasteiger partial charge in [0, 0.05) is 5.92 Å². The summed E-state index contributed by atoms with van der Waals surface area (Å²) in [6.45, 7) is 0. The molecule has 1 atom stereocenters. The van der Waals surface area contributed by atoms with Gasteiger partial charge in [-0.1, -0.05) is 19.3 Å². The summed E-state index contributed by atoms with van der Waals surface area (Å²) in [7, 11) is 0. The molecule has 2 aliphatic carbocycles. The first-order chi connectivity index (χ1) is 5.75. The van der Waals surface area contributed by atoms with E-state index in [-0.39, 0.29) is 0 Å². The van der Waals surface area contributed by atoms with Crippen molar-refractivity contribution < 1.29 is 0 Å². The van der Waals surface area contributed by atoms with Crippen LogP contribution in [0.1, 0.15) is 44.9 Å². The van der Waals surface area contributed by atoms with Gasteiger partial charge in [0.05, 0.1) is 5.84 Å². The fraction of sp³-hybridized carbons (Fsp3) is 0.900. The van der Waals surface area contributed by atoms with Crippen LogP contribution < -0.4 is 5.73 Å². The summed E-state index contributed by atoms with van der Waals surface area (Å²) in [5, 5.41) is 7.56. The van der Waals surface area contributed by atoms with Crippen LogP contribution in [-0.2, 0) is 0 Å². The van der Waals surface area contributed by atoms with Crippen molar-refractivity contribution in [1.82, 2.24) is 0 Å². The number of nitrogens with two attached hydrogens (primary N) is 1. The van der Waals surface area contributed by atoms with Crippen molar-refractivity contribution in [2.24, 2.45) is 17.1 Å². The van der Waals surface area contributed by atoms with Gasteiger partial charge >= 0.3 is 0 Å². The Morgan fingerprint density at radius 3 is 2.50 bits per heavy atom. The minimum atomic E-state index is 0.431. The number of amidine groups is 1. The van der Waals surface area contributed by atoms with Crippen molar-refractivity contribution in [1.29, 1.82) is 5.41 Å². The zero-order valence-electron chi connectivity index (χ0n) is 7.60. The molecule has 2 heteroatoms. The van der Waals surface area contributed by atoms with E-state index in [1.165, 1.54) is 44.9 Å². The van der Waals surface area contributed by atoms with Crippen molar-refractivity contribution in [2.45, 2.75) is 44.9 Å². The van der Waals surface area contributed by atoms with Gasteiger partial charge in [0.2, 0.25) is 0 Å². The Balaban J connectivity index is 2.11. The summed E-state index contributed by atoms with van der Waals surface area (Å²) in [5.41, 5.74) is 6.14. The van der Waals surface area contributed by atoms with Gasteiger partial charge in [-0.15, -0.1) is 0 Å². The Bertz CT molecular complexity index is 194. The van der Waals surface area contributed by atoms with Crippen LogP contribution >= 0.6 is 0 Å². The molecule has 0 heterocycles. The normalized spacial score (nSPS) is 32.8. The van der Waals surface area contributed by atoms with Gasteiger partial charge in [-0.25, -0.2) is 0 Å². The van der Waals surface area contributed by atoms with E-state index in [4.69, 9.17) is 11.1 Å². The van der Waals surface area contributed by atoms with Gasteiger partial charge < -0.3 is 5.73 Å². The molecule has 0 aromatic carbocycles. The van der Waals surface area contributed by atoms with Gasteiger partial charge in [0.1, 0.15) is 0 Å². The zero-order valence-corrected chi connectivity index (χ0v) is 7.60. The van der Waals surface area contributed by atoms with Gasteiger partial charge in [-0.3, -0.25) is 5.41 Å². The third-order valence-electron chi connectivity index (χ3n) is 3.67. The fourth-order valence-corrected chi connectivity index (χ4v) is 2.73. The number of nitrogens with one attached hydrogen (secondary N) is 1. The number of rotatable bonds is 1. The van der Waals surface area contributed by atoms with Crippen LogP contribution in [0, 0.1) is 16.7 Å². The Morgan fingerprint density at radius 1 is 1.17 bits per heavy atom. The van der Waals surface area contributed by atoms with E-state index in [1.807, 2.05) is 0 Å². The average molecular weight is 166 g/mol. The Labute approximate surface area is 74.0 Å². The van der Waals surface area contributed by atoms with Gasteiger partial charge in [-0.2, -0.15) is 0 Å². The molecule has 0 aromatic heterocycles. The molecule has 0 saturated heterocycles. The third kappa shape index (κ3) is 1.23. The third-order valence-corrected chi connectivity index (χ3v) is 3.67. The van der Waals surface area contributed by atoms with Crippen molar-refractivity contribution >= 4 is 5.84 Å². The molecule has 2 aliphatic rings. The van der Waals surface area contributed by atoms with E-state index in [0.717, 1.165) is 0 Å². The minimum Gasteiger partial charge on any atom is -0.387 e. The second-order valence-electron chi connectivity index (χ2n) is 4.47. The molecular weight excluding hydrogens is 148 g/mol. The van der Waals surface area contributed by atoms with Crippen LogP contribution in [0.4, 0.5) is 0 Å². The Hall–Kier alpha value is -0.530. The molecule has 0 radical (unpaired) electrons. The van der Waals surface area contributed by atoms with Gasteiger partial charge in [0.25, 0.3) is 0 Å². The summed E-state index contributed by atoms with van der Waals surface area (Å²) in [6, 6.07) is 0. The smallest absolute Gasteiger partial charge is 0.0942 e. The molecular formula is C10H18N2. The monoisotopic (exact) mass is 166 g/mol. The molecule has 0 aromatic rings. The number of hydrogen-bond donors (Lipinski definition) is 2. The van der Waals surface area contributed by atoms with E-state index in [2.05, 4.69) is 0 Å². The molecule has 2 fully saturated rings. The number of hydrogen-bond acceptors (Lipinski definition) is 1. The van der Waals surface area contributed by atoms with Crippen LogP contribution in [-0.4, -0.2) is 5.84 Å². The second-order valence-corrected chi connectivity index (χ2v) is 4.47. The molecule has 0 unspecified atom stereocenters. The maximum absolute atomic E-state index is 7.56. The molecule has 3 N–H and O–H groups in total. The van der Waals surface area contributed by atoms with E-state index in [9.17, 15) is 0 Å². The quantitative estimate of drug-likeness (QED) is 0.455. The predicted octanol–water partition coefficient (Wildman–Crippen LogP) is 2.28. The molecule has 68 valence electrons. The predicted molar refractivity (Wildman–Crippen MR) is 50.2 cm³/mol. The highest BCUT2D eigenvalue weighted by Gasteiger charge is 2.50. The fourth-order valence-electron chi connectivity index (χ4n) is 2.73. The maximum Gasteiger partial charge on any atom is 0.0942 e. The van der Waals surface area contributed by atoms with Crippen LogP contribution in [0.3, 0.4) is 0 Å². The first-order valence-corrected chi connectivity index (χ1v) is 5.08. The lowest BCUT2D eigenvalue weighted by Crippen LogP contribution is -2.29. The SMILES string of the molecule is N=C(N)[C@H]1CCCCCC12CC2.